The summed E-state index contributed by atoms with van der Waals surface area (Å²) in [5, 5.41) is 0. The molecule has 0 aliphatic rings. The molecule has 5 heteroatoms. The van der Waals surface area contributed by atoms with Gasteiger partial charge in [0.15, 0.2) is 0 Å². The van der Waals surface area contributed by atoms with Gasteiger partial charge in [-0.05, 0) is 27.1 Å². The molecule has 0 spiro atoms. The molecule has 0 fully saturated rings. The summed E-state index contributed by atoms with van der Waals surface area (Å²) in [5.74, 6) is 0.490. The quantitative estimate of drug-likeness (QED) is 0.584. The summed E-state index contributed by atoms with van der Waals surface area (Å²) in [6.07, 6.45) is 2.69. The lowest BCUT2D eigenvalue weighted by Crippen LogP contribution is -2.16. The zero-order chi connectivity index (χ0) is 9.61. The van der Waals surface area contributed by atoms with E-state index in [2.05, 4.69) is 4.36 Å². The Morgan fingerprint density at radius 3 is 2.50 bits per heavy atom. The van der Waals surface area contributed by atoms with Crippen LogP contribution in [0.4, 0.5) is 0 Å². The summed E-state index contributed by atoms with van der Waals surface area (Å²) >= 11 is 0. The van der Waals surface area contributed by atoms with Crippen LogP contribution in [0.1, 0.15) is 6.42 Å². The highest BCUT2D eigenvalue weighted by Gasteiger charge is 2.00. The Bertz CT molecular complexity index is 242. The van der Waals surface area contributed by atoms with Crippen LogP contribution in [0.3, 0.4) is 0 Å². The van der Waals surface area contributed by atoms with Gasteiger partial charge in [-0.3, -0.25) is 4.79 Å². The van der Waals surface area contributed by atoms with E-state index in [0.29, 0.717) is 12.2 Å². The molecule has 1 unspecified atom stereocenters. The second-order valence-electron chi connectivity index (χ2n) is 3.03. The maximum absolute atomic E-state index is 11.4. The van der Waals surface area contributed by atoms with Crippen LogP contribution in [-0.2, 0) is 14.5 Å². The topological polar surface area (TPSA) is 49.7 Å². The molecule has 0 aliphatic carbocycles. The molecule has 0 saturated heterocycles. The molecule has 72 valence electrons. The van der Waals surface area contributed by atoms with Gasteiger partial charge in [0.25, 0.3) is 0 Å². The van der Waals surface area contributed by atoms with Crippen LogP contribution in [0, 0.1) is 0 Å². The lowest BCUT2D eigenvalue weighted by Gasteiger charge is -2.08. The van der Waals surface area contributed by atoms with E-state index in [9.17, 15) is 9.00 Å². The van der Waals surface area contributed by atoms with E-state index in [-0.39, 0.29) is 0 Å². The Kier molecular flexibility index (Phi) is 5.08. The van der Waals surface area contributed by atoms with Gasteiger partial charge >= 0.3 is 0 Å². The first-order valence-electron chi connectivity index (χ1n) is 3.75. The molecule has 4 nitrogen and oxygen atoms in total. The van der Waals surface area contributed by atoms with Gasteiger partial charge in [-0.25, -0.2) is 4.21 Å². The van der Waals surface area contributed by atoms with Gasteiger partial charge in [0.2, 0.25) is 6.41 Å². The highest BCUT2D eigenvalue weighted by Crippen LogP contribution is 1.94. The van der Waals surface area contributed by atoms with E-state index in [1.807, 2.05) is 19.0 Å². The molecule has 0 aromatic heterocycles. The van der Waals surface area contributed by atoms with Crippen molar-refractivity contribution in [1.29, 1.82) is 0 Å². The Hall–Kier alpha value is -0.420. The first-order chi connectivity index (χ1) is 5.48. The van der Waals surface area contributed by atoms with Crippen LogP contribution in [0.5, 0.6) is 0 Å². The number of hydrogen-bond donors (Lipinski definition) is 0. The van der Waals surface area contributed by atoms with Crippen LogP contribution < -0.4 is 0 Å². The van der Waals surface area contributed by atoms with Crippen LogP contribution in [0.15, 0.2) is 4.36 Å². The predicted octanol–water partition coefficient (Wildman–Crippen LogP) is 0.192. The normalized spacial score (nSPS) is 15.7. The Balaban J connectivity index is 3.85. The molecule has 0 saturated carbocycles. The zero-order valence-electron chi connectivity index (χ0n) is 7.82. The van der Waals surface area contributed by atoms with Crippen LogP contribution in [-0.4, -0.2) is 48.2 Å². The number of carbonyl (C=O) groups excluding carboxylic acids is 1. The van der Waals surface area contributed by atoms with Crippen LogP contribution in [0.25, 0.3) is 0 Å². The third-order valence-electron chi connectivity index (χ3n) is 1.39. The molecule has 0 aromatic rings. The number of nitrogens with zero attached hydrogens (tertiary/aromatic N) is 2. The second kappa shape index (κ2) is 5.27. The predicted molar refractivity (Wildman–Crippen MR) is 50.6 cm³/mol. The minimum absolute atomic E-state index is 0.373. The SMILES string of the molecule is CN(C)CCCS(C)(=O)=NC=O. The van der Waals surface area contributed by atoms with Gasteiger partial charge in [-0.2, -0.15) is 4.36 Å². The summed E-state index contributed by atoms with van der Waals surface area (Å²) in [6.45, 7) is 0.874. The molecular weight excluding hydrogens is 176 g/mol. The highest BCUT2D eigenvalue weighted by molar-refractivity contribution is 7.93. The van der Waals surface area contributed by atoms with Gasteiger partial charge in [-0.15, -0.1) is 0 Å². The summed E-state index contributed by atoms with van der Waals surface area (Å²) in [7, 11) is 1.66. The van der Waals surface area contributed by atoms with Crippen molar-refractivity contribution in [3.05, 3.63) is 0 Å². The lowest BCUT2D eigenvalue weighted by atomic mass is 10.5. The van der Waals surface area contributed by atoms with Crippen molar-refractivity contribution >= 4 is 16.1 Å². The van der Waals surface area contributed by atoms with Crippen molar-refractivity contribution in [3.8, 4) is 0 Å². The minimum atomic E-state index is -2.25. The smallest absolute Gasteiger partial charge is 0.241 e. The number of rotatable bonds is 5. The lowest BCUT2D eigenvalue weighted by molar-refractivity contribution is -0.106. The first kappa shape index (κ1) is 11.6. The van der Waals surface area contributed by atoms with Gasteiger partial charge in [0.05, 0.1) is 9.73 Å². The molecule has 0 aliphatic heterocycles. The van der Waals surface area contributed by atoms with E-state index < -0.39 is 9.73 Å². The van der Waals surface area contributed by atoms with E-state index in [1.54, 1.807) is 0 Å². The van der Waals surface area contributed by atoms with E-state index in [1.165, 1.54) is 6.26 Å². The van der Waals surface area contributed by atoms with Gasteiger partial charge in [0.1, 0.15) is 0 Å². The summed E-state index contributed by atoms with van der Waals surface area (Å²) in [6, 6.07) is 0. The van der Waals surface area contributed by atoms with Crippen molar-refractivity contribution in [2.45, 2.75) is 6.42 Å². The fourth-order valence-corrected chi connectivity index (χ4v) is 1.74. The van der Waals surface area contributed by atoms with Gasteiger partial charge in [0, 0.05) is 12.0 Å². The maximum atomic E-state index is 11.4. The van der Waals surface area contributed by atoms with E-state index in [0.717, 1.165) is 13.0 Å². The Morgan fingerprint density at radius 1 is 1.50 bits per heavy atom. The molecule has 0 aromatic carbocycles. The Labute approximate surface area is 74.1 Å². The second-order valence-corrected chi connectivity index (χ2v) is 5.57. The van der Waals surface area contributed by atoms with Gasteiger partial charge < -0.3 is 4.90 Å². The molecule has 0 N–H and O–H groups in total. The van der Waals surface area contributed by atoms with E-state index in [4.69, 9.17) is 0 Å². The van der Waals surface area contributed by atoms with Gasteiger partial charge in [-0.1, -0.05) is 0 Å². The zero-order valence-corrected chi connectivity index (χ0v) is 8.63. The largest absolute Gasteiger partial charge is 0.309 e. The molecule has 0 heterocycles. The molecule has 12 heavy (non-hydrogen) atoms. The van der Waals surface area contributed by atoms with Crippen LogP contribution >= 0.6 is 0 Å². The fraction of sp³-hybridized carbons (Fsp3) is 0.857. The van der Waals surface area contributed by atoms with Crippen molar-refractivity contribution in [2.24, 2.45) is 4.36 Å². The summed E-state index contributed by atoms with van der Waals surface area (Å²) in [4.78, 5) is 12.0. The molecule has 0 radical (unpaired) electrons. The summed E-state index contributed by atoms with van der Waals surface area (Å²) < 4.78 is 14.7. The Morgan fingerprint density at radius 2 is 2.08 bits per heavy atom. The number of carbonyl (C=O) groups is 1. The molecule has 0 rings (SSSR count). The first-order valence-corrected chi connectivity index (χ1v) is 5.84. The monoisotopic (exact) mass is 192 g/mol. The molecule has 1 atom stereocenters. The molecule has 0 bridgehead atoms. The van der Waals surface area contributed by atoms with E-state index >= 15 is 0 Å². The van der Waals surface area contributed by atoms with Crippen molar-refractivity contribution < 1.29 is 9.00 Å². The minimum Gasteiger partial charge on any atom is -0.309 e. The number of amides is 1. The van der Waals surface area contributed by atoms with Crippen molar-refractivity contribution in [1.82, 2.24) is 4.90 Å². The van der Waals surface area contributed by atoms with Crippen molar-refractivity contribution in [3.63, 3.8) is 0 Å². The molecule has 1 amide bonds. The average molecular weight is 192 g/mol. The standard InChI is InChI=1S/C7H16N2O2S/c1-9(2)5-4-6-12(3,11)8-7-10/h7H,4-6H2,1-3H3. The third kappa shape index (κ3) is 6.30. The fourth-order valence-electron chi connectivity index (χ4n) is 0.792. The van der Waals surface area contributed by atoms with Crippen LogP contribution in [0.2, 0.25) is 0 Å². The summed E-state index contributed by atoms with van der Waals surface area (Å²) in [5.41, 5.74) is 0. The maximum Gasteiger partial charge on any atom is 0.241 e. The van der Waals surface area contributed by atoms with Crippen molar-refractivity contribution in [2.75, 3.05) is 32.6 Å². The third-order valence-corrected chi connectivity index (χ3v) is 2.97. The highest BCUT2D eigenvalue weighted by atomic mass is 32.2. The number of hydrogen-bond acceptors (Lipinski definition) is 3. The molecular formula is C7H16N2O2S. The average Bonchev–Trinajstić information content (AvgIpc) is 1.85.